The van der Waals surface area contributed by atoms with Gasteiger partial charge in [0.25, 0.3) is 0 Å². The molecule has 2 rings (SSSR count). The molecule has 0 heterocycles. The van der Waals surface area contributed by atoms with Gasteiger partial charge in [-0.15, -0.1) is 0 Å². The van der Waals surface area contributed by atoms with E-state index in [0.29, 0.717) is 24.0 Å². The van der Waals surface area contributed by atoms with E-state index in [-0.39, 0.29) is 0 Å². The molecule has 0 saturated heterocycles. The van der Waals surface area contributed by atoms with E-state index in [2.05, 4.69) is 10.0 Å². The minimum atomic E-state index is -3.40. The Kier molecular flexibility index (Phi) is 5.18. The lowest BCUT2D eigenvalue weighted by Gasteiger charge is -2.13. The van der Waals surface area contributed by atoms with Crippen LogP contribution in [0, 0.1) is 5.92 Å². The molecule has 0 bridgehead atoms. The Bertz CT molecular complexity index is 537. The standard InChI is InChI=1S/C15H24N2O2S/c1-12(2)16-11-14-5-3-4-6-15(14)20(18,19)17-10-9-13-7-8-13/h3-6,12-13,16-17H,7-11H2,1-2H3. The van der Waals surface area contributed by atoms with Gasteiger partial charge in [-0.2, -0.15) is 0 Å². The van der Waals surface area contributed by atoms with Crippen molar-refractivity contribution in [1.82, 2.24) is 10.0 Å². The Hall–Kier alpha value is -0.910. The third-order valence-corrected chi connectivity index (χ3v) is 5.07. The molecule has 0 spiro atoms. The van der Waals surface area contributed by atoms with Gasteiger partial charge in [0, 0.05) is 19.1 Å². The van der Waals surface area contributed by atoms with Crippen LogP contribution in [0.3, 0.4) is 0 Å². The van der Waals surface area contributed by atoms with Crippen molar-refractivity contribution in [3.05, 3.63) is 29.8 Å². The molecule has 2 N–H and O–H groups in total. The van der Waals surface area contributed by atoms with Gasteiger partial charge in [0.05, 0.1) is 4.90 Å². The highest BCUT2D eigenvalue weighted by Crippen LogP contribution is 2.31. The summed E-state index contributed by atoms with van der Waals surface area (Å²) in [6.07, 6.45) is 3.44. The molecular formula is C15H24N2O2S. The van der Waals surface area contributed by atoms with Crippen molar-refractivity contribution in [2.45, 2.75) is 50.6 Å². The van der Waals surface area contributed by atoms with Crippen molar-refractivity contribution in [2.75, 3.05) is 6.54 Å². The van der Waals surface area contributed by atoms with Gasteiger partial charge in [-0.1, -0.05) is 44.9 Å². The van der Waals surface area contributed by atoms with Crippen LogP contribution in [0.25, 0.3) is 0 Å². The molecule has 0 atom stereocenters. The SMILES string of the molecule is CC(C)NCc1ccccc1S(=O)(=O)NCCC1CC1. The van der Waals surface area contributed by atoms with Crippen LogP contribution in [-0.4, -0.2) is 21.0 Å². The van der Waals surface area contributed by atoms with Crippen molar-refractivity contribution in [3.8, 4) is 0 Å². The number of benzene rings is 1. The highest BCUT2D eigenvalue weighted by molar-refractivity contribution is 7.89. The molecule has 1 aliphatic carbocycles. The third-order valence-electron chi connectivity index (χ3n) is 3.50. The summed E-state index contributed by atoms with van der Waals surface area (Å²) < 4.78 is 27.4. The van der Waals surface area contributed by atoms with Crippen molar-refractivity contribution >= 4 is 10.0 Å². The zero-order valence-corrected chi connectivity index (χ0v) is 13.0. The minimum absolute atomic E-state index is 0.327. The van der Waals surface area contributed by atoms with Gasteiger partial charge < -0.3 is 5.32 Å². The Morgan fingerprint density at radius 2 is 1.95 bits per heavy atom. The molecule has 0 aromatic heterocycles. The van der Waals surface area contributed by atoms with Crippen LogP contribution in [0.4, 0.5) is 0 Å². The lowest BCUT2D eigenvalue weighted by molar-refractivity contribution is 0.564. The van der Waals surface area contributed by atoms with E-state index in [1.165, 1.54) is 12.8 Å². The van der Waals surface area contributed by atoms with Gasteiger partial charge in [0.1, 0.15) is 0 Å². The Morgan fingerprint density at radius 1 is 1.25 bits per heavy atom. The van der Waals surface area contributed by atoms with Crippen molar-refractivity contribution in [2.24, 2.45) is 5.92 Å². The zero-order chi connectivity index (χ0) is 14.6. The molecule has 0 amide bonds. The van der Waals surface area contributed by atoms with Crippen LogP contribution >= 0.6 is 0 Å². The van der Waals surface area contributed by atoms with E-state index in [1.54, 1.807) is 12.1 Å². The maximum absolute atomic E-state index is 12.4. The first-order valence-electron chi connectivity index (χ1n) is 7.30. The third kappa shape index (κ3) is 4.58. The average molecular weight is 296 g/mol. The van der Waals surface area contributed by atoms with E-state index in [9.17, 15) is 8.42 Å². The highest BCUT2D eigenvalue weighted by atomic mass is 32.2. The van der Waals surface area contributed by atoms with Crippen molar-refractivity contribution in [3.63, 3.8) is 0 Å². The first-order chi connectivity index (χ1) is 9.49. The van der Waals surface area contributed by atoms with Crippen LogP contribution in [0.15, 0.2) is 29.2 Å². The number of hydrogen-bond donors (Lipinski definition) is 2. The van der Waals surface area contributed by atoms with Gasteiger partial charge in [-0.3, -0.25) is 0 Å². The second kappa shape index (κ2) is 6.70. The van der Waals surface area contributed by atoms with Crippen LogP contribution in [0.1, 0.15) is 38.7 Å². The fraction of sp³-hybridized carbons (Fsp3) is 0.600. The first-order valence-corrected chi connectivity index (χ1v) is 8.78. The van der Waals surface area contributed by atoms with E-state index in [1.807, 2.05) is 26.0 Å². The minimum Gasteiger partial charge on any atom is -0.310 e. The lowest BCUT2D eigenvalue weighted by Crippen LogP contribution is -2.28. The number of rotatable bonds is 8. The molecule has 1 aliphatic rings. The fourth-order valence-corrected chi connectivity index (χ4v) is 3.39. The predicted molar refractivity (Wildman–Crippen MR) is 80.9 cm³/mol. The van der Waals surface area contributed by atoms with E-state index in [4.69, 9.17) is 0 Å². The van der Waals surface area contributed by atoms with Crippen LogP contribution < -0.4 is 10.0 Å². The van der Waals surface area contributed by atoms with Crippen molar-refractivity contribution < 1.29 is 8.42 Å². The van der Waals surface area contributed by atoms with Gasteiger partial charge in [0.2, 0.25) is 10.0 Å². The Morgan fingerprint density at radius 3 is 2.60 bits per heavy atom. The van der Waals surface area contributed by atoms with Gasteiger partial charge in [-0.25, -0.2) is 13.1 Å². The van der Waals surface area contributed by atoms with Gasteiger partial charge >= 0.3 is 0 Å². The summed E-state index contributed by atoms with van der Waals surface area (Å²) in [5, 5.41) is 3.27. The summed E-state index contributed by atoms with van der Waals surface area (Å²) in [4.78, 5) is 0.393. The Balaban J connectivity index is 2.04. The summed E-state index contributed by atoms with van der Waals surface area (Å²) in [6, 6.07) is 7.52. The Labute approximate surface area is 122 Å². The topological polar surface area (TPSA) is 58.2 Å². The summed E-state index contributed by atoms with van der Waals surface area (Å²) >= 11 is 0. The number of nitrogens with one attached hydrogen (secondary N) is 2. The van der Waals surface area contributed by atoms with Crippen LogP contribution in [-0.2, 0) is 16.6 Å². The zero-order valence-electron chi connectivity index (χ0n) is 12.2. The van der Waals surface area contributed by atoms with Crippen LogP contribution in [0.5, 0.6) is 0 Å². The molecule has 4 nitrogen and oxygen atoms in total. The fourth-order valence-electron chi connectivity index (χ4n) is 2.11. The molecule has 1 saturated carbocycles. The molecule has 0 unspecified atom stereocenters. The number of hydrogen-bond acceptors (Lipinski definition) is 3. The van der Waals surface area contributed by atoms with Gasteiger partial charge in [0.15, 0.2) is 0 Å². The largest absolute Gasteiger partial charge is 0.310 e. The summed E-state index contributed by atoms with van der Waals surface area (Å²) in [5.41, 5.74) is 0.820. The molecular weight excluding hydrogens is 272 g/mol. The van der Waals surface area contributed by atoms with E-state index in [0.717, 1.165) is 17.9 Å². The highest BCUT2D eigenvalue weighted by Gasteiger charge is 2.23. The second-order valence-corrected chi connectivity index (χ2v) is 7.51. The predicted octanol–water partition coefficient (Wildman–Crippen LogP) is 2.26. The molecule has 1 aromatic rings. The molecule has 20 heavy (non-hydrogen) atoms. The van der Waals surface area contributed by atoms with Gasteiger partial charge in [-0.05, 0) is 24.0 Å². The molecule has 0 aliphatic heterocycles. The second-order valence-electron chi connectivity index (χ2n) is 5.77. The normalized spacial score (nSPS) is 15.8. The van der Waals surface area contributed by atoms with Crippen molar-refractivity contribution in [1.29, 1.82) is 0 Å². The smallest absolute Gasteiger partial charge is 0.240 e. The number of sulfonamides is 1. The monoisotopic (exact) mass is 296 g/mol. The summed E-state index contributed by atoms with van der Waals surface area (Å²) in [6.45, 7) is 5.20. The molecule has 5 heteroatoms. The summed E-state index contributed by atoms with van der Waals surface area (Å²) in [5.74, 6) is 0.732. The molecule has 112 valence electrons. The maximum atomic E-state index is 12.4. The first kappa shape index (κ1) is 15.5. The lowest BCUT2D eigenvalue weighted by atomic mass is 10.2. The van der Waals surface area contributed by atoms with E-state index >= 15 is 0 Å². The quantitative estimate of drug-likeness (QED) is 0.773. The maximum Gasteiger partial charge on any atom is 0.240 e. The van der Waals surface area contributed by atoms with E-state index < -0.39 is 10.0 Å². The molecule has 1 fully saturated rings. The molecule has 1 aromatic carbocycles. The van der Waals surface area contributed by atoms with Crippen LogP contribution in [0.2, 0.25) is 0 Å². The molecule has 0 radical (unpaired) electrons. The summed E-state index contributed by atoms with van der Waals surface area (Å²) in [7, 11) is -3.40. The average Bonchev–Trinajstić information content (AvgIpc) is 3.20.